The highest BCUT2D eigenvalue weighted by atomic mass is 19.4. The van der Waals surface area contributed by atoms with Gasteiger partial charge in [0.2, 0.25) is 5.91 Å². The Bertz CT molecular complexity index is 726. The zero-order chi connectivity index (χ0) is 23.0. The number of rotatable bonds is 6. The molecule has 1 amide bonds. The third-order valence-electron chi connectivity index (χ3n) is 5.50. The van der Waals surface area contributed by atoms with E-state index in [1.54, 1.807) is 20.8 Å². The van der Waals surface area contributed by atoms with E-state index in [-0.39, 0.29) is 11.7 Å². The van der Waals surface area contributed by atoms with Gasteiger partial charge in [-0.2, -0.15) is 0 Å². The third-order valence-corrected chi connectivity index (χ3v) is 5.50. The van der Waals surface area contributed by atoms with Crippen LogP contribution in [-0.2, 0) is 14.1 Å². The lowest BCUT2D eigenvalue weighted by molar-refractivity contribution is -0.274. The maximum atomic E-state index is 12.6. The van der Waals surface area contributed by atoms with Crippen molar-refractivity contribution in [1.29, 1.82) is 0 Å². The number of halogens is 3. The minimum absolute atomic E-state index is 0.156. The SMILES string of the molecule is CC(C)(C)C(=O)NC(CCB1OC(C)(C)C(C)(C)O1)c1ccc(OC(F)(F)F)cc1. The molecule has 0 spiro atoms. The molecule has 1 aromatic carbocycles. The third kappa shape index (κ3) is 6.38. The number of carbonyl (C=O) groups is 1. The van der Waals surface area contributed by atoms with Crippen LogP contribution < -0.4 is 10.1 Å². The summed E-state index contributed by atoms with van der Waals surface area (Å²) >= 11 is 0. The lowest BCUT2D eigenvalue weighted by atomic mass is 9.80. The minimum atomic E-state index is -4.75. The molecule has 1 aliphatic rings. The Balaban J connectivity index is 2.14. The van der Waals surface area contributed by atoms with E-state index in [9.17, 15) is 18.0 Å². The fourth-order valence-corrected chi connectivity index (χ4v) is 2.98. The van der Waals surface area contributed by atoms with Crippen LogP contribution in [0.5, 0.6) is 5.75 Å². The van der Waals surface area contributed by atoms with Gasteiger partial charge in [-0.15, -0.1) is 13.2 Å². The van der Waals surface area contributed by atoms with Gasteiger partial charge in [-0.1, -0.05) is 32.9 Å². The van der Waals surface area contributed by atoms with Gasteiger partial charge in [0.15, 0.2) is 0 Å². The second kappa shape index (κ2) is 8.42. The zero-order valence-electron chi connectivity index (χ0n) is 18.6. The minimum Gasteiger partial charge on any atom is -0.406 e. The van der Waals surface area contributed by atoms with Gasteiger partial charge in [0.25, 0.3) is 0 Å². The molecule has 1 N–H and O–H groups in total. The van der Waals surface area contributed by atoms with Crippen molar-refractivity contribution in [3.63, 3.8) is 0 Å². The molecule has 1 aromatic rings. The first kappa shape index (κ1) is 24.5. The number of alkyl halides is 3. The molecule has 0 radical (unpaired) electrons. The second-order valence-electron chi connectivity index (χ2n) is 9.66. The van der Waals surface area contributed by atoms with Crippen LogP contribution >= 0.6 is 0 Å². The number of carbonyl (C=O) groups excluding carboxylic acids is 1. The van der Waals surface area contributed by atoms with E-state index in [0.717, 1.165) is 0 Å². The van der Waals surface area contributed by atoms with Gasteiger partial charge in [-0.05, 0) is 58.1 Å². The van der Waals surface area contributed by atoms with E-state index in [1.165, 1.54) is 24.3 Å². The maximum absolute atomic E-state index is 12.6. The Morgan fingerprint density at radius 1 is 1.07 bits per heavy atom. The van der Waals surface area contributed by atoms with E-state index in [1.807, 2.05) is 27.7 Å². The van der Waals surface area contributed by atoms with E-state index in [0.29, 0.717) is 18.3 Å². The highest BCUT2D eigenvalue weighted by molar-refractivity contribution is 6.45. The molecule has 1 aliphatic heterocycles. The molecular weight excluding hydrogens is 398 g/mol. The van der Waals surface area contributed by atoms with Gasteiger partial charge in [0.1, 0.15) is 5.75 Å². The molecule has 1 unspecified atom stereocenters. The average Bonchev–Trinajstić information content (AvgIpc) is 2.77. The zero-order valence-corrected chi connectivity index (χ0v) is 18.6. The van der Waals surface area contributed by atoms with E-state index in [4.69, 9.17) is 9.31 Å². The van der Waals surface area contributed by atoms with Crippen molar-refractivity contribution in [3.05, 3.63) is 29.8 Å². The summed E-state index contributed by atoms with van der Waals surface area (Å²) in [7, 11) is -0.433. The van der Waals surface area contributed by atoms with Crippen LogP contribution in [0.4, 0.5) is 13.2 Å². The van der Waals surface area contributed by atoms with Crippen molar-refractivity contribution in [2.45, 2.75) is 84.8 Å². The van der Waals surface area contributed by atoms with Crippen molar-refractivity contribution in [3.8, 4) is 5.75 Å². The number of ether oxygens (including phenoxy) is 1. The molecule has 2 rings (SSSR count). The summed E-state index contributed by atoms with van der Waals surface area (Å²) in [5.41, 5.74) is -0.850. The van der Waals surface area contributed by atoms with Gasteiger partial charge in [0, 0.05) is 5.41 Å². The molecule has 0 bridgehead atoms. The molecule has 0 aromatic heterocycles. The van der Waals surface area contributed by atoms with Crippen molar-refractivity contribution in [2.75, 3.05) is 0 Å². The van der Waals surface area contributed by atoms with E-state index < -0.39 is 36.1 Å². The van der Waals surface area contributed by atoms with Crippen LogP contribution in [0.3, 0.4) is 0 Å². The molecule has 0 aliphatic carbocycles. The van der Waals surface area contributed by atoms with Crippen LogP contribution in [0.15, 0.2) is 24.3 Å². The van der Waals surface area contributed by atoms with Crippen molar-refractivity contribution >= 4 is 13.0 Å². The van der Waals surface area contributed by atoms with Crippen molar-refractivity contribution in [2.24, 2.45) is 5.41 Å². The first-order chi connectivity index (χ1) is 13.5. The summed E-state index contributed by atoms with van der Waals surface area (Å²) < 4.78 is 53.2. The smallest absolute Gasteiger partial charge is 0.406 e. The summed E-state index contributed by atoms with van der Waals surface area (Å²) in [5.74, 6) is -0.463. The highest BCUT2D eigenvalue weighted by Gasteiger charge is 2.50. The summed E-state index contributed by atoms with van der Waals surface area (Å²) in [5, 5.41) is 2.99. The van der Waals surface area contributed by atoms with Gasteiger partial charge < -0.3 is 19.4 Å². The lowest BCUT2D eigenvalue weighted by Crippen LogP contribution is -2.41. The first-order valence-electron chi connectivity index (χ1n) is 10.0. The Morgan fingerprint density at radius 3 is 2.00 bits per heavy atom. The fourth-order valence-electron chi connectivity index (χ4n) is 2.98. The monoisotopic (exact) mass is 429 g/mol. The summed E-state index contributed by atoms with van der Waals surface area (Å²) in [6.07, 6.45) is -3.74. The highest BCUT2D eigenvalue weighted by Crippen LogP contribution is 2.39. The number of amides is 1. The summed E-state index contributed by atoms with van der Waals surface area (Å²) in [4.78, 5) is 12.6. The molecule has 1 fully saturated rings. The molecule has 1 heterocycles. The normalized spacial score (nSPS) is 19.5. The average molecular weight is 429 g/mol. The summed E-state index contributed by atoms with van der Waals surface area (Å²) in [6, 6.07) is 5.13. The van der Waals surface area contributed by atoms with Crippen molar-refractivity contribution < 1.29 is 32.0 Å². The predicted molar refractivity (Wildman–Crippen MR) is 109 cm³/mol. The van der Waals surface area contributed by atoms with E-state index in [2.05, 4.69) is 10.1 Å². The molecule has 9 heteroatoms. The quantitative estimate of drug-likeness (QED) is 0.626. The Morgan fingerprint density at radius 2 is 1.57 bits per heavy atom. The predicted octanol–water partition coefficient (Wildman–Crippen LogP) is 5.27. The van der Waals surface area contributed by atoms with Crippen LogP contribution in [0.25, 0.3) is 0 Å². The second-order valence-corrected chi connectivity index (χ2v) is 9.66. The van der Waals surface area contributed by atoms with Gasteiger partial charge in [-0.25, -0.2) is 0 Å². The van der Waals surface area contributed by atoms with Gasteiger partial charge in [-0.3, -0.25) is 4.79 Å². The van der Waals surface area contributed by atoms with Crippen LogP contribution in [0.2, 0.25) is 6.32 Å². The molecular formula is C21H31BF3NO4. The molecule has 1 atom stereocenters. The van der Waals surface area contributed by atoms with Gasteiger partial charge >= 0.3 is 13.5 Å². The first-order valence-corrected chi connectivity index (χ1v) is 10.0. The molecule has 30 heavy (non-hydrogen) atoms. The molecule has 5 nitrogen and oxygen atoms in total. The molecule has 1 saturated heterocycles. The number of nitrogens with one attached hydrogen (secondary N) is 1. The lowest BCUT2D eigenvalue weighted by Gasteiger charge is -2.32. The number of benzene rings is 1. The maximum Gasteiger partial charge on any atom is 0.573 e. The molecule has 168 valence electrons. The molecule has 0 saturated carbocycles. The largest absolute Gasteiger partial charge is 0.573 e. The standard InChI is InChI=1S/C21H31BF3NO4/c1-18(2,3)17(27)26-16(12-13-22-29-19(4,5)20(6,7)30-22)14-8-10-15(11-9-14)28-21(23,24)25/h8-11,16H,12-13H2,1-7H3,(H,26,27). The summed E-state index contributed by atoms with van der Waals surface area (Å²) in [6.45, 7) is 13.3. The topological polar surface area (TPSA) is 56.8 Å². The van der Waals surface area contributed by atoms with Gasteiger partial charge in [0.05, 0.1) is 17.2 Å². The van der Waals surface area contributed by atoms with Crippen LogP contribution in [0, 0.1) is 5.41 Å². The number of hydrogen-bond donors (Lipinski definition) is 1. The van der Waals surface area contributed by atoms with Crippen LogP contribution in [0.1, 0.15) is 66.5 Å². The number of hydrogen-bond acceptors (Lipinski definition) is 4. The van der Waals surface area contributed by atoms with Crippen LogP contribution in [-0.4, -0.2) is 30.6 Å². The fraction of sp³-hybridized carbons (Fsp3) is 0.667. The Kier molecular flexibility index (Phi) is 6.89. The Hall–Kier alpha value is -1.74. The van der Waals surface area contributed by atoms with E-state index >= 15 is 0 Å². The van der Waals surface area contributed by atoms with Crippen molar-refractivity contribution in [1.82, 2.24) is 5.32 Å². The Labute approximate surface area is 176 Å².